The molecule has 1 heteroatoms. The van der Waals surface area contributed by atoms with Crippen LogP contribution in [0.5, 0.6) is 0 Å². The van der Waals surface area contributed by atoms with Crippen LogP contribution in [0.4, 0.5) is 0 Å². The van der Waals surface area contributed by atoms with Crippen LogP contribution in [0.15, 0.2) is 60.7 Å². The molecule has 16 heavy (non-hydrogen) atoms. The van der Waals surface area contributed by atoms with Gasteiger partial charge < -0.3 is 0 Å². The zero-order valence-electron chi connectivity index (χ0n) is 9.27. The number of hydrogen-bond donors (Lipinski definition) is 0. The maximum atomic E-state index is 3.80. The van der Waals surface area contributed by atoms with Gasteiger partial charge in [-0.1, -0.05) is 60.7 Å². The van der Waals surface area contributed by atoms with Gasteiger partial charge in [-0.25, -0.2) is 0 Å². The molecule has 0 atom stereocenters. The molecule has 0 aromatic heterocycles. The van der Waals surface area contributed by atoms with Gasteiger partial charge in [0.15, 0.2) is 0 Å². The van der Waals surface area contributed by atoms with E-state index in [0.717, 1.165) is 12.8 Å². The molecule has 0 unspecified atom stereocenters. The van der Waals surface area contributed by atoms with E-state index in [4.69, 9.17) is 0 Å². The van der Waals surface area contributed by atoms with Gasteiger partial charge in [0.2, 0.25) is 0 Å². The molecular weight excluding hydrogens is 208 g/mol. The van der Waals surface area contributed by atoms with Gasteiger partial charge in [-0.3, -0.25) is 0 Å². The van der Waals surface area contributed by atoms with Crippen molar-refractivity contribution >= 4 is 10.2 Å². The summed E-state index contributed by atoms with van der Waals surface area (Å²) in [5.41, 5.74) is 3.28. The third kappa shape index (κ3) is 3.35. The Morgan fingerprint density at radius 2 is 1.06 bits per heavy atom. The second kappa shape index (κ2) is 5.66. The number of rotatable bonds is 4. The fourth-order valence-electron chi connectivity index (χ4n) is 1.87. The van der Waals surface area contributed by atoms with Crippen LogP contribution in [0.3, 0.4) is 0 Å². The SMILES string of the molecule is [Si]C(Cc1ccccc1)Cc1ccccc1. The van der Waals surface area contributed by atoms with E-state index in [1.165, 1.54) is 11.1 Å². The average Bonchev–Trinajstić information content (AvgIpc) is 2.31. The van der Waals surface area contributed by atoms with E-state index in [9.17, 15) is 0 Å². The number of hydrogen-bond acceptors (Lipinski definition) is 0. The smallest absolute Gasteiger partial charge is 0.0275 e. The summed E-state index contributed by atoms with van der Waals surface area (Å²) >= 11 is 0. The third-order valence-electron chi connectivity index (χ3n) is 2.65. The van der Waals surface area contributed by atoms with Gasteiger partial charge in [-0.2, -0.15) is 0 Å². The van der Waals surface area contributed by atoms with Crippen molar-refractivity contribution in [2.75, 3.05) is 0 Å². The van der Waals surface area contributed by atoms with Crippen molar-refractivity contribution in [3.63, 3.8) is 0 Å². The maximum absolute atomic E-state index is 3.80. The fraction of sp³-hybridized carbons (Fsp3) is 0.200. The molecule has 0 saturated carbocycles. The summed E-state index contributed by atoms with van der Waals surface area (Å²) in [5.74, 6) is 0. The van der Waals surface area contributed by atoms with Gasteiger partial charge in [0.1, 0.15) is 0 Å². The minimum Gasteiger partial charge on any atom is -0.0622 e. The summed E-state index contributed by atoms with van der Waals surface area (Å²) in [7, 11) is 3.80. The van der Waals surface area contributed by atoms with Crippen molar-refractivity contribution in [2.45, 2.75) is 18.4 Å². The first kappa shape index (κ1) is 11.2. The van der Waals surface area contributed by atoms with Gasteiger partial charge in [-0.15, -0.1) is 0 Å². The Kier molecular flexibility index (Phi) is 3.95. The zero-order chi connectivity index (χ0) is 11.2. The first-order chi connectivity index (χ1) is 7.84. The lowest BCUT2D eigenvalue weighted by Crippen LogP contribution is -2.01. The van der Waals surface area contributed by atoms with E-state index in [0.29, 0.717) is 5.54 Å². The fourth-order valence-corrected chi connectivity index (χ4v) is 2.34. The maximum Gasteiger partial charge on any atom is 0.0275 e. The predicted octanol–water partition coefficient (Wildman–Crippen LogP) is 3.43. The van der Waals surface area contributed by atoms with Crippen molar-refractivity contribution in [1.82, 2.24) is 0 Å². The Balaban J connectivity index is 1.92. The van der Waals surface area contributed by atoms with Gasteiger partial charge in [0.25, 0.3) is 0 Å². The Morgan fingerprint density at radius 3 is 1.44 bits per heavy atom. The Bertz CT molecular complexity index is 366. The molecule has 0 fully saturated rings. The lowest BCUT2D eigenvalue weighted by Gasteiger charge is -2.11. The summed E-state index contributed by atoms with van der Waals surface area (Å²) in [6.45, 7) is 0. The second-order valence-corrected chi connectivity index (χ2v) is 4.89. The molecule has 2 aromatic carbocycles. The highest BCUT2D eigenvalue weighted by Gasteiger charge is 2.04. The lowest BCUT2D eigenvalue weighted by molar-refractivity contribution is 0.816. The molecule has 0 nitrogen and oxygen atoms in total. The van der Waals surface area contributed by atoms with Crippen molar-refractivity contribution in [3.8, 4) is 0 Å². The standard InChI is InChI=1S/C15H15Si/c16-15(11-13-7-3-1-4-8-13)12-14-9-5-2-6-10-14/h1-10,15H,11-12H2. The topological polar surface area (TPSA) is 0 Å². The highest BCUT2D eigenvalue weighted by molar-refractivity contribution is 6.11. The first-order valence-corrected chi connectivity index (χ1v) is 6.21. The van der Waals surface area contributed by atoms with Crippen LogP contribution in [0.25, 0.3) is 0 Å². The van der Waals surface area contributed by atoms with E-state index in [1.54, 1.807) is 0 Å². The van der Waals surface area contributed by atoms with Crippen LogP contribution in [-0.4, -0.2) is 10.2 Å². The lowest BCUT2D eigenvalue weighted by atomic mass is 10.0. The monoisotopic (exact) mass is 223 g/mol. The van der Waals surface area contributed by atoms with Crippen LogP contribution in [0, 0.1) is 0 Å². The Labute approximate surface area is 101 Å². The van der Waals surface area contributed by atoms with Crippen molar-refractivity contribution in [2.24, 2.45) is 0 Å². The minimum atomic E-state index is 0.504. The molecule has 0 aliphatic carbocycles. The highest BCUT2D eigenvalue weighted by Crippen LogP contribution is 2.16. The molecule has 0 bridgehead atoms. The molecule has 0 amide bonds. The molecule has 2 rings (SSSR count). The van der Waals surface area contributed by atoms with Gasteiger partial charge >= 0.3 is 0 Å². The molecule has 0 heterocycles. The third-order valence-corrected chi connectivity index (χ3v) is 3.06. The molecule has 0 saturated heterocycles. The van der Waals surface area contributed by atoms with E-state index in [1.807, 2.05) is 0 Å². The molecule has 0 N–H and O–H groups in total. The van der Waals surface area contributed by atoms with Crippen LogP contribution in [-0.2, 0) is 12.8 Å². The van der Waals surface area contributed by atoms with Gasteiger partial charge in [-0.05, 0) is 29.5 Å². The van der Waals surface area contributed by atoms with E-state index in [-0.39, 0.29) is 0 Å². The Hall–Kier alpha value is -1.34. The summed E-state index contributed by atoms with van der Waals surface area (Å²) < 4.78 is 0. The average molecular weight is 223 g/mol. The molecule has 0 aliphatic rings. The molecule has 79 valence electrons. The highest BCUT2D eigenvalue weighted by atomic mass is 28.1. The Morgan fingerprint density at radius 1 is 0.688 bits per heavy atom. The predicted molar refractivity (Wildman–Crippen MR) is 69.8 cm³/mol. The van der Waals surface area contributed by atoms with E-state index >= 15 is 0 Å². The second-order valence-electron chi connectivity index (χ2n) is 4.08. The van der Waals surface area contributed by atoms with Crippen LogP contribution in [0.2, 0.25) is 5.54 Å². The zero-order valence-corrected chi connectivity index (χ0v) is 10.3. The van der Waals surface area contributed by atoms with Crippen molar-refractivity contribution in [1.29, 1.82) is 0 Å². The molecule has 0 aliphatic heterocycles. The van der Waals surface area contributed by atoms with Crippen molar-refractivity contribution in [3.05, 3.63) is 71.8 Å². The molecular formula is C15H15Si. The summed E-state index contributed by atoms with van der Waals surface area (Å²) in [6, 6.07) is 21.2. The quantitative estimate of drug-likeness (QED) is 0.697. The van der Waals surface area contributed by atoms with Crippen LogP contribution >= 0.6 is 0 Å². The first-order valence-electron chi connectivity index (χ1n) is 5.63. The van der Waals surface area contributed by atoms with Crippen LogP contribution < -0.4 is 0 Å². The summed E-state index contributed by atoms with van der Waals surface area (Å²) in [5, 5.41) is 0. The number of benzene rings is 2. The molecule has 2 aromatic rings. The van der Waals surface area contributed by atoms with E-state index in [2.05, 4.69) is 70.9 Å². The van der Waals surface area contributed by atoms with Crippen LogP contribution in [0.1, 0.15) is 11.1 Å². The van der Waals surface area contributed by atoms with Gasteiger partial charge in [0, 0.05) is 10.2 Å². The largest absolute Gasteiger partial charge is 0.0622 e. The molecule has 3 radical (unpaired) electrons. The van der Waals surface area contributed by atoms with Crippen molar-refractivity contribution < 1.29 is 0 Å². The normalized spacial score (nSPS) is 10.6. The summed E-state index contributed by atoms with van der Waals surface area (Å²) in [6.07, 6.45) is 2.15. The summed E-state index contributed by atoms with van der Waals surface area (Å²) in [4.78, 5) is 0. The van der Waals surface area contributed by atoms with E-state index < -0.39 is 0 Å². The minimum absolute atomic E-state index is 0.504. The molecule has 0 spiro atoms. The van der Waals surface area contributed by atoms with Gasteiger partial charge in [0.05, 0.1) is 0 Å².